The van der Waals surface area contributed by atoms with Gasteiger partial charge in [0.2, 0.25) is 0 Å². The van der Waals surface area contributed by atoms with E-state index in [2.05, 4.69) is 4.74 Å². The molecule has 0 amide bonds. The molecule has 0 bridgehead atoms. The Morgan fingerprint density at radius 1 is 1.00 bits per heavy atom. The van der Waals surface area contributed by atoms with E-state index in [4.69, 9.17) is 14.0 Å². The van der Waals surface area contributed by atoms with Crippen LogP contribution < -0.4 is 5.46 Å². The highest BCUT2D eigenvalue weighted by molar-refractivity contribution is 6.62. The van der Waals surface area contributed by atoms with E-state index in [-0.39, 0.29) is 18.6 Å². The zero-order chi connectivity index (χ0) is 21.1. The summed E-state index contributed by atoms with van der Waals surface area (Å²) in [4.78, 5) is 36.2. The summed E-state index contributed by atoms with van der Waals surface area (Å²) >= 11 is 0. The highest BCUT2D eigenvalue weighted by Crippen LogP contribution is 2.36. The van der Waals surface area contributed by atoms with Crippen molar-refractivity contribution in [1.29, 1.82) is 0 Å². The van der Waals surface area contributed by atoms with Crippen LogP contribution >= 0.6 is 0 Å². The lowest BCUT2D eigenvalue weighted by molar-refractivity contribution is -0.151. The van der Waals surface area contributed by atoms with Gasteiger partial charge in [0, 0.05) is 12.0 Å². The summed E-state index contributed by atoms with van der Waals surface area (Å²) in [6.45, 7) is 7.82. The number of benzene rings is 1. The van der Waals surface area contributed by atoms with Crippen molar-refractivity contribution in [2.75, 3.05) is 14.2 Å². The lowest BCUT2D eigenvalue weighted by Crippen LogP contribution is -2.41. The molecule has 1 aliphatic heterocycles. The van der Waals surface area contributed by atoms with Crippen LogP contribution in [0.1, 0.15) is 50.9 Å². The van der Waals surface area contributed by atoms with E-state index in [1.807, 2.05) is 33.8 Å². The standard InChI is InChI=1S/C20H27BO7/c1-19(2)20(3,4)28-21(27-19)15-9-7-8-13(10-15)16(22)11-14(18(24)26-6)12-17(23)25-5/h7-10,14H,11-12H2,1-6H3/t14-/m0/s1. The lowest BCUT2D eigenvalue weighted by Gasteiger charge is -2.32. The molecule has 0 aromatic heterocycles. The summed E-state index contributed by atoms with van der Waals surface area (Å²) < 4.78 is 21.3. The van der Waals surface area contributed by atoms with Crippen LogP contribution in [0.4, 0.5) is 0 Å². The monoisotopic (exact) mass is 390 g/mol. The van der Waals surface area contributed by atoms with Crippen molar-refractivity contribution < 1.29 is 33.2 Å². The van der Waals surface area contributed by atoms with E-state index in [0.29, 0.717) is 11.0 Å². The smallest absolute Gasteiger partial charge is 0.469 e. The van der Waals surface area contributed by atoms with Crippen LogP contribution in [-0.2, 0) is 28.4 Å². The van der Waals surface area contributed by atoms with Gasteiger partial charge >= 0.3 is 19.1 Å². The number of esters is 2. The van der Waals surface area contributed by atoms with Crippen molar-refractivity contribution in [3.63, 3.8) is 0 Å². The number of carbonyl (C=O) groups excluding carboxylic acids is 3. The molecule has 0 spiro atoms. The quantitative estimate of drug-likeness (QED) is 0.399. The predicted molar refractivity (Wildman–Crippen MR) is 103 cm³/mol. The molecule has 2 rings (SSSR count). The van der Waals surface area contributed by atoms with Crippen molar-refractivity contribution in [2.45, 2.75) is 51.7 Å². The molecule has 0 radical (unpaired) electrons. The number of methoxy groups -OCH3 is 2. The van der Waals surface area contributed by atoms with Crippen molar-refractivity contribution in [1.82, 2.24) is 0 Å². The normalized spacial score (nSPS) is 18.4. The Balaban J connectivity index is 2.17. The molecule has 1 fully saturated rings. The SMILES string of the molecule is COC(=O)C[C@H](CC(=O)c1cccc(B2OC(C)(C)C(C)(C)O2)c1)C(=O)OC. The molecule has 7 nitrogen and oxygen atoms in total. The number of hydrogen-bond acceptors (Lipinski definition) is 7. The molecule has 28 heavy (non-hydrogen) atoms. The van der Waals surface area contributed by atoms with Gasteiger partial charge in [0.1, 0.15) is 0 Å². The number of ketones is 1. The third-order valence-electron chi connectivity index (χ3n) is 5.34. The van der Waals surface area contributed by atoms with Crippen LogP contribution in [-0.4, -0.2) is 50.3 Å². The Kier molecular flexibility index (Phi) is 6.67. The summed E-state index contributed by atoms with van der Waals surface area (Å²) in [7, 11) is 1.85. The van der Waals surface area contributed by atoms with Gasteiger partial charge in [-0.3, -0.25) is 14.4 Å². The van der Waals surface area contributed by atoms with Crippen LogP contribution in [0.5, 0.6) is 0 Å². The second-order valence-electron chi connectivity index (χ2n) is 7.84. The van der Waals surface area contributed by atoms with Gasteiger partial charge in [-0.25, -0.2) is 0 Å². The van der Waals surface area contributed by atoms with Gasteiger partial charge < -0.3 is 18.8 Å². The molecule has 1 aliphatic rings. The van der Waals surface area contributed by atoms with E-state index in [0.717, 1.165) is 0 Å². The highest BCUT2D eigenvalue weighted by Gasteiger charge is 2.51. The number of hydrogen-bond donors (Lipinski definition) is 0. The molecule has 8 heteroatoms. The van der Waals surface area contributed by atoms with Gasteiger partial charge in [0.05, 0.1) is 37.8 Å². The number of rotatable bonds is 7. The Hall–Kier alpha value is -2.19. The molecule has 152 valence electrons. The van der Waals surface area contributed by atoms with Crippen LogP contribution in [0.15, 0.2) is 24.3 Å². The van der Waals surface area contributed by atoms with Gasteiger partial charge in [0.15, 0.2) is 5.78 Å². The Morgan fingerprint density at radius 2 is 1.61 bits per heavy atom. The first kappa shape index (κ1) is 22.1. The van der Waals surface area contributed by atoms with Crippen LogP contribution in [0, 0.1) is 5.92 Å². The highest BCUT2D eigenvalue weighted by atomic mass is 16.7. The molecule has 1 aromatic rings. The van der Waals surface area contributed by atoms with Gasteiger partial charge in [-0.05, 0) is 33.2 Å². The molecule has 0 unspecified atom stereocenters. The fraction of sp³-hybridized carbons (Fsp3) is 0.550. The van der Waals surface area contributed by atoms with E-state index in [9.17, 15) is 14.4 Å². The maximum atomic E-state index is 12.7. The van der Waals surface area contributed by atoms with Gasteiger partial charge in [-0.1, -0.05) is 24.3 Å². The first-order valence-corrected chi connectivity index (χ1v) is 9.14. The molecule has 1 saturated heterocycles. The molecule has 0 aliphatic carbocycles. The molecular weight excluding hydrogens is 363 g/mol. The first-order chi connectivity index (χ1) is 13.0. The third kappa shape index (κ3) is 4.80. The number of ether oxygens (including phenoxy) is 2. The fourth-order valence-corrected chi connectivity index (χ4v) is 2.87. The average Bonchev–Trinajstić information content (AvgIpc) is 2.87. The van der Waals surface area contributed by atoms with Crippen molar-refractivity contribution >= 4 is 30.3 Å². The minimum atomic E-state index is -0.898. The number of carbonyl (C=O) groups is 3. The largest absolute Gasteiger partial charge is 0.494 e. The molecule has 0 N–H and O–H groups in total. The zero-order valence-electron chi connectivity index (χ0n) is 17.2. The summed E-state index contributed by atoms with van der Waals surface area (Å²) in [5.74, 6) is -2.38. The molecular formula is C20H27BO7. The second kappa shape index (κ2) is 8.45. The van der Waals surface area contributed by atoms with Crippen LogP contribution in [0.2, 0.25) is 0 Å². The van der Waals surface area contributed by atoms with E-state index < -0.39 is 36.2 Å². The third-order valence-corrected chi connectivity index (χ3v) is 5.34. The Bertz CT molecular complexity index is 741. The van der Waals surface area contributed by atoms with Crippen molar-refractivity contribution in [3.05, 3.63) is 29.8 Å². The summed E-state index contributed by atoms with van der Waals surface area (Å²) in [6, 6.07) is 6.91. The first-order valence-electron chi connectivity index (χ1n) is 9.14. The fourth-order valence-electron chi connectivity index (χ4n) is 2.87. The average molecular weight is 390 g/mol. The summed E-state index contributed by atoms with van der Waals surface area (Å²) in [5, 5.41) is 0. The van der Waals surface area contributed by atoms with Crippen molar-refractivity contribution in [2.24, 2.45) is 5.92 Å². The number of Topliss-reactive ketones (excluding diaryl/α,β-unsaturated/α-hetero) is 1. The summed E-state index contributed by atoms with van der Waals surface area (Å²) in [6.07, 6.45) is -0.375. The Morgan fingerprint density at radius 3 is 2.14 bits per heavy atom. The van der Waals surface area contributed by atoms with Crippen molar-refractivity contribution in [3.8, 4) is 0 Å². The molecule has 0 saturated carbocycles. The maximum absolute atomic E-state index is 12.7. The van der Waals surface area contributed by atoms with E-state index in [1.165, 1.54) is 14.2 Å². The van der Waals surface area contributed by atoms with Gasteiger partial charge in [-0.15, -0.1) is 0 Å². The Labute approximate surface area is 165 Å². The molecule has 1 atom stereocenters. The topological polar surface area (TPSA) is 88.1 Å². The molecule has 1 heterocycles. The van der Waals surface area contributed by atoms with E-state index >= 15 is 0 Å². The second-order valence-corrected chi connectivity index (χ2v) is 7.84. The summed E-state index contributed by atoms with van der Waals surface area (Å²) in [5.41, 5.74) is 0.139. The van der Waals surface area contributed by atoms with Crippen LogP contribution in [0.25, 0.3) is 0 Å². The predicted octanol–water partition coefficient (Wildman–Crippen LogP) is 1.91. The molecule has 1 aromatic carbocycles. The van der Waals surface area contributed by atoms with Gasteiger partial charge in [-0.2, -0.15) is 0 Å². The van der Waals surface area contributed by atoms with Gasteiger partial charge in [0.25, 0.3) is 0 Å². The van der Waals surface area contributed by atoms with E-state index in [1.54, 1.807) is 18.2 Å². The lowest BCUT2D eigenvalue weighted by atomic mass is 9.78. The minimum Gasteiger partial charge on any atom is -0.469 e. The minimum absolute atomic E-state index is 0.158. The zero-order valence-corrected chi connectivity index (χ0v) is 17.2. The van der Waals surface area contributed by atoms with Crippen LogP contribution in [0.3, 0.4) is 0 Å². The maximum Gasteiger partial charge on any atom is 0.494 e.